The SMILES string of the molecule is CCS(=O)(=O)NCCN1CCCCC1C(=O)O. The highest BCUT2D eigenvalue weighted by molar-refractivity contribution is 7.89. The summed E-state index contributed by atoms with van der Waals surface area (Å²) in [6, 6.07) is -0.463. The highest BCUT2D eigenvalue weighted by atomic mass is 32.2. The average Bonchev–Trinajstić information content (AvgIpc) is 2.29. The van der Waals surface area contributed by atoms with Crippen LogP contribution in [0, 0.1) is 0 Å². The molecular weight excluding hydrogens is 244 g/mol. The van der Waals surface area contributed by atoms with Gasteiger partial charge in [-0.2, -0.15) is 0 Å². The number of nitrogens with one attached hydrogen (secondary N) is 1. The van der Waals surface area contributed by atoms with Gasteiger partial charge in [-0.15, -0.1) is 0 Å². The summed E-state index contributed by atoms with van der Waals surface area (Å²) in [5.41, 5.74) is 0. The van der Waals surface area contributed by atoms with E-state index in [1.165, 1.54) is 0 Å². The van der Waals surface area contributed by atoms with Crippen LogP contribution in [-0.4, -0.2) is 55.8 Å². The predicted molar refractivity (Wildman–Crippen MR) is 64.3 cm³/mol. The lowest BCUT2D eigenvalue weighted by Crippen LogP contribution is -2.47. The Morgan fingerprint density at radius 1 is 1.47 bits per heavy atom. The Balaban J connectivity index is 2.41. The first kappa shape index (κ1) is 14.4. The van der Waals surface area contributed by atoms with E-state index in [9.17, 15) is 13.2 Å². The van der Waals surface area contributed by atoms with Crippen molar-refractivity contribution in [1.82, 2.24) is 9.62 Å². The Kier molecular flexibility index (Phi) is 5.35. The van der Waals surface area contributed by atoms with Crippen LogP contribution in [0.4, 0.5) is 0 Å². The normalized spacial score (nSPS) is 22.5. The summed E-state index contributed by atoms with van der Waals surface area (Å²) in [5.74, 6) is -0.766. The number of hydrogen-bond donors (Lipinski definition) is 2. The Labute approximate surface area is 102 Å². The number of carboxylic acid groups (broad SMARTS) is 1. The lowest BCUT2D eigenvalue weighted by Gasteiger charge is -2.32. The zero-order valence-corrected chi connectivity index (χ0v) is 10.9. The molecule has 0 aromatic rings. The van der Waals surface area contributed by atoms with Crippen molar-refractivity contribution < 1.29 is 18.3 Å². The van der Waals surface area contributed by atoms with Crippen LogP contribution in [-0.2, 0) is 14.8 Å². The number of sulfonamides is 1. The highest BCUT2D eigenvalue weighted by Gasteiger charge is 2.27. The molecule has 0 aromatic carbocycles. The van der Waals surface area contributed by atoms with E-state index in [1.54, 1.807) is 6.92 Å². The van der Waals surface area contributed by atoms with Crippen molar-refractivity contribution in [2.45, 2.75) is 32.2 Å². The van der Waals surface area contributed by atoms with E-state index in [1.807, 2.05) is 4.90 Å². The lowest BCUT2D eigenvalue weighted by molar-refractivity contribution is -0.144. The number of nitrogens with zero attached hydrogens (tertiary/aromatic N) is 1. The van der Waals surface area contributed by atoms with Crippen molar-refractivity contribution in [3.63, 3.8) is 0 Å². The first-order valence-electron chi connectivity index (χ1n) is 5.90. The number of likely N-dealkylation sites (tertiary alicyclic amines) is 1. The van der Waals surface area contributed by atoms with Gasteiger partial charge >= 0.3 is 5.97 Å². The summed E-state index contributed by atoms with van der Waals surface area (Å²) in [7, 11) is -3.18. The predicted octanol–water partition coefficient (Wildman–Crippen LogP) is -0.135. The van der Waals surface area contributed by atoms with E-state index >= 15 is 0 Å². The van der Waals surface area contributed by atoms with Crippen LogP contribution in [0.5, 0.6) is 0 Å². The largest absolute Gasteiger partial charge is 0.480 e. The van der Waals surface area contributed by atoms with Gasteiger partial charge in [-0.3, -0.25) is 9.69 Å². The van der Waals surface area contributed by atoms with Crippen LogP contribution in [0.25, 0.3) is 0 Å². The van der Waals surface area contributed by atoms with Gasteiger partial charge in [-0.25, -0.2) is 13.1 Å². The van der Waals surface area contributed by atoms with Crippen LogP contribution < -0.4 is 4.72 Å². The molecule has 1 atom stereocenters. The molecule has 1 aliphatic rings. The fraction of sp³-hybridized carbons (Fsp3) is 0.900. The Morgan fingerprint density at radius 3 is 2.76 bits per heavy atom. The third-order valence-corrected chi connectivity index (χ3v) is 4.40. The molecule has 100 valence electrons. The molecule has 0 radical (unpaired) electrons. The maximum atomic E-state index is 11.2. The van der Waals surface area contributed by atoms with Crippen LogP contribution in [0.1, 0.15) is 26.2 Å². The summed E-state index contributed by atoms with van der Waals surface area (Å²) < 4.78 is 24.9. The molecule has 0 amide bonds. The van der Waals surface area contributed by atoms with Gasteiger partial charge in [0.05, 0.1) is 5.75 Å². The molecule has 0 bridgehead atoms. The van der Waals surface area contributed by atoms with Crippen LogP contribution in [0.2, 0.25) is 0 Å². The molecule has 1 saturated heterocycles. The number of rotatable bonds is 6. The zero-order valence-electron chi connectivity index (χ0n) is 10.1. The minimum Gasteiger partial charge on any atom is -0.480 e. The zero-order chi connectivity index (χ0) is 12.9. The number of carbonyl (C=O) groups is 1. The number of carboxylic acids is 1. The minimum atomic E-state index is -3.18. The highest BCUT2D eigenvalue weighted by Crippen LogP contribution is 2.16. The van der Waals surface area contributed by atoms with Gasteiger partial charge in [0.25, 0.3) is 0 Å². The van der Waals surface area contributed by atoms with E-state index in [4.69, 9.17) is 5.11 Å². The van der Waals surface area contributed by atoms with Gasteiger partial charge in [0.1, 0.15) is 6.04 Å². The van der Waals surface area contributed by atoms with Crippen molar-refractivity contribution >= 4 is 16.0 Å². The molecule has 1 rings (SSSR count). The van der Waals surface area contributed by atoms with Gasteiger partial charge in [-0.05, 0) is 26.3 Å². The number of hydrogen-bond acceptors (Lipinski definition) is 4. The molecule has 7 heteroatoms. The second-order valence-corrected chi connectivity index (χ2v) is 6.28. The second-order valence-electron chi connectivity index (χ2n) is 4.18. The van der Waals surface area contributed by atoms with Gasteiger partial charge in [-0.1, -0.05) is 6.42 Å². The third-order valence-electron chi connectivity index (χ3n) is 3.00. The summed E-state index contributed by atoms with van der Waals surface area (Å²) in [5, 5.41) is 9.03. The van der Waals surface area contributed by atoms with Crippen molar-refractivity contribution in [1.29, 1.82) is 0 Å². The van der Waals surface area contributed by atoms with Crippen molar-refractivity contribution in [3.8, 4) is 0 Å². The molecule has 0 saturated carbocycles. The maximum absolute atomic E-state index is 11.2. The molecule has 0 aromatic heterocycles. The van der Waals surface area contributed by atoms with Crippen LogP contribution in [0.15, 0.2) is 0 Å². The van der Waals surface area contributed by atoms with Crippen LogP contribution >= 0.6 is 0 Å². The van der Waals surface area contributed by atoms with Crippen LogP contribution in [0.3, 0.4) is 0 Å². The van der Waals surface area contributed by atoms with Gasteiger partial charge in [0.15, 0.2) is 0 Å². The van der Waals surface area contributed by atoms with Gasteiger partial charge in [0.2, 0.25) is 10.0 Å². The fourth-order valence-corrected chi connectivity index (χ4v) is 2.59. The molecule has 1 aliphatic heterocycles. The van der Waals surface area contributed by atoms with E-state index < -0.39 is 22.0 Å². The molecule has 1 fully saturated rings. The maximum Gasteiger partial charge on any atom is 0.320 e. The van der Waals surface area contributed by atoms with Crippen molar-refractivity contribution in [3.05, 3.63) is 0 Å². The van der Waals surface area contributed by atoms with Crippen molar-refractivity contribution in [2.75, 3.05) is 25.4 Å². The lowest BCUT2D eigenvalue weighted by atomic mass is 10.0. The monoisotopic (exact) mass is 264 g/mol. The topological polar surface area (TPSA) is 86.7 Å². The number of aliphatic carboxylic acids is 1. The summed E-state index contributed by atoms with van der Waals surface area (Å²) in [6.45, 7) is 3.03. The third kappa shape index (κ3) is 4.61. The standard InChI is InChI=1S/C10H20N2O4S/c1-2-17(15,16)11-6-8-12-7-4-3-5-9(12)10(13)14/h9,11H,2-8H2,1H3,(H,13,14). The quantitative estimate of drug-likeness (QED) is 0.697. The molecule has 0 spiro atoms. The Hall–Kier alpha value is -0.660. The molecule has 2 N–H and O–H groups in total. The Morgan fingerprint density at radius 2 is 2.18 bits per heavy atom. The smallest absolute Gasteiger partial charge is 0.320 e. The van der Waals surface area contributed by atoms with E-state index in [2.05, 4.69) is 4.72 Å². The number of piperidine rings is 1. The summed E-state index contributed by atoms with van der Waals surface area (Å²) in [4.78, 5) is 12.8. The summed E-state index contributed by atoms with van der Waals surface area (Å²) >= 11 is 0. The first-order chi connectivity index (χ1) is 7.96. The van der Waals surface area contributed by atoms with E-state index in [-0.39, 0.29) is 12.3 Å². The molecule has 0 aliphatic carbocycles. The van der Waals surface area contributed by atoms with Crippen molar-refractivity contribution in [2.24, 2.45) is 0 Å². The molecule has 1 unspecified atom stereocenters. The minimum absolute atomic E-state index is 0.0510. The van der Waals surface area contributed by atoms with E-state index in [0.717, 1.165) is 19.4 Å². The first-order valence-corrected chi connectivity index (χ1v) is 7.55. The molecule has 17 heavy (non-hydrogen) atoms. The fourth-order valence-electron chi connectivity index (χ4n) is 1.99. The summed E-state index contributed by atoms with van der Waals surface area (Å²) in [6.07, 6.45) is 2.55. The van der Waals surface area contributed by atoms with E-state index in [0.29, 0.717) is 13.0 Å². The Bertz CT molecular complexity index is 355. The van der Waals surface area contributed by atoms with Gasteiger partial charge < -0.3 is 5.11 Å². The molecule has 6 nitrogen and oxygen atoms in total. The van der Waals surface area contributed by atoms with Gasteiger partial charge in [0, 0.05) is 13.1 Å². The second kappa shape index (κ2) is 6.32. The molecular formula is C10H20N2O4S. The molecule has 1 heterocycles. The average molecular weight is 264 g/mol.